The largest absolute Gasteiger partial charge is 0.416 e. The van der Waals surface area contributed by atoms with Crippen molar-refractivity contribution in [2.45, 2.75) is 46.0 Å². The molecule has 5 nitrogen and oxygen atoms in total. The Hall–Kier alpha value is -2.55. The molecule has 0 aliphatic rings. The van der Waals surface area contributed by atoms with Crippen molar-refractivity contribution < 1.29 is 26.4 Å². The number of nitrogens with one attached hydrogen (secondary N) is 1. The fourth-order valence-corrected chi connectivity index (χ4v) is 4.42. The topological polar surface area (TPSA) is 66.5 Å². The summed E-state index contributed by atoms with van der Waals surface area (Å²) >= 11 is 0. The Labute approximate surface area is 175 Å². The Morgan fingerprint density at radius 1 is 1.13 bits per heavy atom. The molecule has 0 aliphatic carbocycles. The summed E-state index contributed by atoms with van der Waals surface area (Å²) in [4.78, 5) is 12.8. The lowest BCUT2D eigenvalue weighted by Crippen LogP contribution is -2.49. The summed E-state index contributed by atoms with van der Waals surface area (Å²) in [5.41, 5.74) is 1.39. The summed E-state index contributed by atoms with van der Waals surface area (Å²) in [5.74, 6) is -0.582. The summed E-state index contributed by atoms with van der Waals surface area (Å²) in [7, 11) is -3.80. The molecule has 0 radical (unpaired) electrons. The molecule has 0 fully saturated rings. The number of anilines is 1. The number of rotatable bonds is 7. The summed E-state index contributed by atoms with van der Waals surface area (Å²) in [5, 5.41) is 2.57. The first-order chi connectivity index (χ1) is 13.8. The van der Waals surface area contributed by atoms with E-state index in [-0.39, 0.29) is 18.5 Å². The van der Waals surface area contributed by atoms with E-state index >= 15 is 0 Å². The monoisotopic (exact) mass is 442 g/mol. The van der Waals surface area contributed by atoms with Gasteiger partial charge >= 0.3 is 6.18 Å². The number of benzene rings is 2. The van der Waals surface area contributed by atoms with Crippen molar-refractivity contribution in [3.05, 3.63) is 64.7 Å². The van der Waals surface area contributed by atoms with Crippen molar-refractivity contribution in [1.29, 1.82) is 0 Å². The van der Waals surface area contributed by atoms with E-state index in [0.717, 1.165) is 28.3 Å². The van der Waals surface area contributed by atoms with Gasteiger partial charge in [-0.25, -0.2) is 8.42 Å². The minimum Gasteiger partial charge on any atom is -0.350 e. The molecule has 0 bridgehead atoms. The van der Waals surface area contributed by atoms with Gasteiger partial charge in [0.25, 0.3) is 0 Å². The van der Waals surface area contributed by atoms with Crippen LogP contribution in [0.25, 0.3) is 0 Å². The number of halogens is 3. The predicted molar refractivity (Wildman–Crippen MR) is 111 cm³/mol. The smallest absolute Gasteiger partial charge is 0.350 e. The molecule has 0 spiro atoms. The number of sulfonamides is 1. The van der Waals surface area contributed by atoms with Crippen molar-refractivity contribution >= 4 is 21.6 Å². The zero-order valence-electron chi connectivity index (χ0n) is 17.2. The fourth-order valence-electron chi connectivity index (χ4n) is 3.16. The molecular formula is C21H25F3N2O3S. The Morgan fingerprint density at radius 2 is 1.80 bits per heavy atom. The van der Waals surface area contributed by atoms with Gasteiger partial charge in [0.2, 0.25) is 15.9 Å². The Morgan fingerprint density at radius 3 is 2.37 bits per heavy atom. The van der Waals surface area contributed by atoms with Gasteiger partial charge in [-0.3, -0.25) is 9.10 Å². The van der Waals surface area contributed by atoms with Gasteiger partial charge in [0.15, 0.2) is 0 Å². The number of amides is 1. The van der Waals surface area contributed by atoms with Crippen molar-refractivity contribution in [3.63, 3.8) is 0 Å². The molecule has 2 rings (SSSR count). The molecule has 2 aromatic rings. The van der Waals surface area contributed by atoms with Crippen molar-refractivity contribution in [2.24, 2.45) is 0 Å². The quantitative estimate of drug-likeness (QED) is 0.700. The second kappa shape index (κ2) is 9.07. The van der Waals surface area contributed by atoms with E-state index in [1.807, 2.05) is 13.0 Å². The van der Waals surface area contributed by atoms with Crippen molar-refractivity contribution in [2.75, 3.05) is 10.6 Å². The standard InChI is InChI=1S/C21H25F3N2O3S/c1-5-18(26(30(4,28)29)19-11-14(2)9-10-15(19)3)20(27)25-13-16-7-6-8-17(12-16)21(22,23)24/h6-12,18H,5,13H2,1-4H3,(H,25,27). The van der Waals surface area contributed by atoms with E-state index in [2.05, 4.69) is 5.32 Å². The molecule has 2 aromatic carbocycles. The maximum Gasteiger partial charge on any atom is 0.416 e. The first kappa shape index (κ1) is 23.7. The normalized spacial score (nSPS) is 13.0. The third-order valence-corrected chi connectivity index (χ3v) is 5.82. The SMILES string of the molecule is CCC(C(=O)NCc1cccc(C(F)(F)F)c1)N(c1cc(C)ccc1C)S(C)(=O)=O. The van der Waals surface area contributed by atoms with Crippen LogP contribution in [-0.4, -0.2) is 26.6 Å². The van der Waals surface area contributed by atoms with Crippen LogP contribution in [0.2, 0.25) is 0 Å². The maximum absolute atomic E-state index is 12.9. The molecule has 1 amide bonds. The second-order valence-electron chi connectivity index (χ2n) is 7.19. The van der Waals surface area contributed by atoms with Crippen LogP contribution in [0.15, 0.2) is 42.5 Å². The lowest BCUT2D eigenvalue weighted by atomic mass is 10.1. The van der Waals surface area contributed by atoms with Gasteiger partial charge in [0.05, 0.1) is 17.5 Å². The lowest BCUT2D eigenvalue weighted by molar-refractivity contribution is -0.137. The van der Waals surface area contributed by atoms with Crippen molar-refractivity contribution in [3.8, 4) is 0 Å². The van der Waals surface area contributed by atoms with Gasteiger partial charge in [0.1, 0.15) is 6.04 Å². The van der Waals surface area contributed by atoms with Gasteiger partial charge < -0.3 is 5.32 Å². The minimum atomic E-state index is -4.48. The van der Waals surface area contributed by atoms with E-state index in [9.17, 15) is 26.4 Å². The molecule has 1 N–H and O–H groups in total. The average molecular weight is 443 g/mol. The van der Waals surface area contributed by atoms with E-state index in [1.54, 1.807) is 26.0 Å². The molecule has 0 heterocycles. The Bertz CT molecular complexity index is 1020. The van der Waals surface area contributed by atoms with Crippen LogP contribution in [0.4, 0.5) is 18.9 Å². The number of carbonyl (C=O) groups excluding carboxylic acids is 1. The predicted octanol–water partition coefficient (Wildman–Crippen LogP) is 4.18. The molecule has 1 unspecified atom stereocenters. The lowest BCUT2D eigenvalue weighted by Gasteiger charge is -2.31. The highest BCUT2D eigenvalue weighted by Crippen LogP contribution is 2.30. The minimum absolute atomic E-state index is 0.149. The zero-order valence-corrected chi connectivity index (χ0v) is 18.1. The average Bonchev–Trinajstić information content (AvgIpc) is 2.65. The highest BCUT2D eigenvalue weighted by atomic mass is 32.2. The van der Waals surface area contributed by atoms with Crippen LogP contribution in [0.1, 0.15) is 35.6 Å². The van der Waals surface area contributed by atoms with Gasteiger partial charge in [-0.05, 0) is 55.2 Å². The van der Waals surface area contributed by atoms with Crippen molar-refractivity contribution in [1.82, 2.24) is 5.32 Å². The molecule has 1 atom stereocenters. The highest BCUT2D eigenvalue weighted by Gasteiger charge is 2.33. The third kappa shape index (κ3) is 5.75. The van der Waals surface area contributed by atoms with Gasteiger partial charge in [0, 0.05) is 6.54 Å². The first-order valence-electron chi connectivity index (χ1n) is 9.35. The number of hydrogen-bond acceptors (Lipinski definition) is 3. The molecule has 0 aliphatic heterocycles. The number of alkyl halides is 3. The summed E-state index contributed by atoms with van der Waals surface area (Å²) in [6.45, 7) is 5.10. The van der Waals surface area contributed by atoms with Crippen LogP contribution < -0.4 is 9.62 Å². The van der Waals surface area contributed by atoms with Crippen LogP contribution in [0.5, 0.6) is 0 Å². The van der Waals surface area contributed by atoms with Crippen LogP contribution >= 0.6 is 0 Å². The van der Waals surface area contributed by atoms with E-state index in [1.165, 1.54) is 12.1 Å². The molecule has 164 valence electrons. The van der Waals surface area contributed by atoms with Crippen LogP contribution in [0, 0.1) is 13.8 Å². The molecule has 9 heteroatoms. The highest BCUT2D eigenvalue weighted by molar-refractivity contribution is 7.92. The Kier molecular flexibility index (Phi) is 7.18. The number of nitrogens with zero attached hydrogens (tertiary/aromatic N) is 1. The van der Waals surface area contributed by atoms with Crippen LogP contribution in [0.3, 0.4) is 0 Å². The summed E-state index contributed by atoms with van der Waals surface area (Å²) in [6, 6.07) is 8.91. The van der Waals surface area contributed by atoms with Gasteiger partial charge in [-0.2, -0.15) is 13.2 Å². The molecule has 0 saturated heterocycles. The van der Waals surface area contributed by atoms with Gasteiger partial charge in [-0.15, -0.1) is 0 Å². The van der Waals surface area contributed by atoms with E-state index < -0.39 is 33.7 Å². The van der Waals surface area contributed by atoms with Crippen LogP contribution in [-0.2, 0) is 27.5 Å². The maximum atomic E-state index is 12.9. The fraction of sp³-hybridized carbons (Fsp3) is 0.381. The third-order valence-electron chi connectivity index (χ3n) is 4.65. The Balaban J connectivity index is 2.30. The van der Waals surface area contributed by atoms with E-state index in [0.29, 0.717) is 11.3 Å². The first-order valence-corrected chi connectivity index (χ1v) is 11.2. The number of aryl methyl sites for hydroxylation is 2. The zero-order chi connectivity index (χ0) is 22.7. The number of hydrogen-bond donors (Lipinski definition) is 1. The molecular weight excluding hydrogens is 417 g/mol. The molecule has 0 saturated carbocycles. The molecule has 0 aromatic heterocycles. The number of carbonyl (C=O) groups is 1. The summed E-state index contributed by atoms with van der Waals surface area (Å²) in [6.07, 6.45) is -3.27. The van der Waals surface area contributed by atoms with Gasteiger partial charge in [-0.1, -0.05) is 31.2 Å². The molecule has 30 heavy (non-hydrogen) atoms. The summed E-state index contributed by atoms with van der Waals surface area (Å²) < 4.78 is 64.8. The van der Waals surface area contributed by atoms with E-state index in [4.69, 9.17) is 0 Å². The second-order valence-corrected chi connectivity index (χ2v) is 9.05.